The lowest BCUT2D eigenvalue weighted by Crippen LogP contribution is -2.21. The van der Waals surface area contributed by atoms with E-state index in [9.17, 15) is 9.59 Å². The highest BCUT2D eigenvalue weighted by Gasteiger charge is 2.16. The van der Waals surface area contributed by atoms with Gasteiger partial charge in [0.2, 0.25) is 0 Å². The summed E-state index contributed by atoms with van der Waals surface area (Å²) in [6.45, 7) is 1.51. The minimum absolute atomic E-state index is 0.121. The molecule has 7 nitrogen and oxygen atoms in total. The quantitative estimate of drug-likeness (QED) is 0.445. The minimum Gasteiger partial charge on any atom is -0.451 e. The third-order valence-electron chi connectivity index (χ3n) is 3.27. The van der Waals surface area contributed by atoms with Crippen molar-refractivity contribution < 1.29 is 14.3 Å². The summed E-state index contributed by atoms with van der Waals surface area (Å²) in [6.07, 6.45) is 3.19. The highest BCUT2D eigenvalue weighted by Crippen LogP contribution is 2.20. The number of thiazole rings is 1. The fraction of sp³-hybridized carbons (Fsp3) is 0.118. The van der Waals surface area contributed by atoms with Gasteiger partial charge in [0.05, 0.1) is 0 Å². The van der Waals surface area contributed by atoms with Gasteiger partial charge in [-0.3, -0.25) is 4.79 Å². The fourth-order valence-electron chi connectivity index (χ4n) is 2.04. The summed E-state index contributed by atoms with van der Waals surface area (Å²) in [7, 11) is 0. The zero-order valence-corrected chi connectivity index (χ0v) is 16.6. The maximum atomic E-state index is 12.1. The molecular weight excluding hydrogens is 467 g/mol. The molecule has 26 heavy (non-hydrogen) atoms. The first-order valence-corrected chi connectivity index (χ1v) is 9.45. The number of ether oxygens (including phenoxy) is 1. The molecule has 0 aliphatic carbocycles. The number of esters is 1. The van der Waals surface area contributed by atoms with Crippen molar-refractivity contribution in [2.45, 2.75) is 6.92 Å². The van der Waals surface area contributed by atoms with Crippen LogP contribution >= 0.6 is 33.9 Å². The summed E-state index contributed by atoms with van der Waals surface area (Å²) in [5.41, 5.74) is 1.74. The molecule has 1 aromatic carbocycles. The molecule has 0 saturated carbocycles. The molecule has 0 fully saturated rings. The highest BCUT2D eigenvalue weighted by molar-refractivity contribution is 14.1. The Labute approximate surface area is 167 Å². The molecule has 0 aliphatic rings. The van der Waals surface area contributed by atoms with E-state index in [1.165, 1.54) is 11.3 Å². The number of nitrogens with zero attached hydrogens (tertiary/aromatic N) is 3. The average Bonchev–Trinajstić information content (AvgIpc) is 3.13. The van der Waals surface area contributed by atoms with Gasteiger partial charge in [-0.1, -0.05) is 0 Å². The van der Waals surface area contributed by atoms with Crippen molar-refractivity contribution in [3.05, 3.63) is 56.9 Å². The molecule has 2 aromatic heterocycles. The Hall–Kier alpha value is -2.40. The van der Waals surface area contributed by atoms with E-state index in [-0.39, 0.29) is 12.3 Å². The topological polar surface area (TPSA) is 94.1 Å². The van der Waals surface area contributed by atoms with E-state index in [4.69, 9.17) is 4.74 Å². The van der Waals surface area contributed by atoms with Crippen LogP contribution in [0.1, 0.15) is 16.1 Å². The lowest BCUT2D eigenvalue weighted by Gasteiger charge is -2.08. The molecular formula is C17H13IN4O3S. The van der Waals surface area contributed by atoms with Gasteiger partial charge >= 0.3 is 5.97 Å². The number of carbonyl (C=O) groups is 2. The monoisotopic (exact) mass is 480 g/mol. The Bertz CT molecular complexity index is 946. The molecule has 3 rings (SSSR count). The molecule has 0 radical (unpaired) electrons. The predicted molar refractivity (Wildman–Crippen MR) is 106 cm³/mol. The number of benzene rings is 1. The smallest absolute Gasteiger partial charge is 0.358 e. The van der Waals surface area contributed by atoms with E-state index in [1.807, 2.05) is 25.1 Å². The summed E-state index contributed by atoms with van der Waals surface area (Å²) in [6, 6.07) is 7.34. The third-order valence-corrected chi connectivity index (χ3v) is 4.78. The average molecular weight is 480 g/mol. The summed E-state index contributed by atoms with van der Waals surface area (Å²) in [5.74, 6) is -0.647. The van der Waals surface area contributed by atoms with E-state index >= 15 is 0 Å². The van der Waals surface area contributed by atoms with Crippen molar-refractivity contribution >= 4 is 51.5 Å². The molecule has 3 aromatic rings. The molecule has 0 spiro atoms. The van der Waals surface area contributed by atoms with E-state index in [2.05, 4.69) is 42.9 Å². The number of nitrogens with one attached hydrogen (secondary N) is 1. The van der Waals surface area contributed by atoms with Crippen LogP contribution in [0.4, 0.5) is 5.69 Å². The number of rotatable bonds is 5. The summed E-state index contributed by atoms with van der Waals surface area (Å²) in [4.78, 5) is 36.3. The maximum Gasteiger partial charge on any atom is 0.358 e. The van der Waals surface area contributed by atoms with Crippen molar-refractivity contribution in [2.24, 2.45) is 0 Å². The normalized spacial score (nSPS) is 10.4. The predicted octanol–water partition coefficient (Wildman–Crippen LogP) is 3.31. The molecule has 0 bridgehead atoms. The van der Waals surface area contributed by atoms with Gasteiger partial charge in [0.25, 0.3) is 5.91 Å². The van der Waals surface area contributed by atoms with Crippen molar-refractivity contribution in [1.29, 1.82) is 0 Å². The number of carbonyl (C=O) groups excluding carboxylic acids is 2. The van der Waals surface area contributed by atoms with Crippen LogP contribution in [0.15, 0.2) is 42.0 Å². The molecule has 1 amide bonds. The van der Waals surface area contributed by atoms with Crippen LogP contribution in [0.5, 0.6) is 0 Å². The largest absolute Gasteiger partial charge is 0.451 e. The fourth-order valence-corrected chi connectivity index (χ4v) is 3.42. The molecule has 9 heteroatoms. The van der Waals surface area contributed by atoms with Gasteiger partial charge in [0.1, 0.15) is 0 Å². The van der Waals surface area contributed by atoms with Gasteiger partial charge in [-0.15, -0.1) is 11.3 Å². The number of aromatic nitrogens is 3. The first kappa shape index (κ1) is 18.4. The van der Waals surface area contributed by atoms with Crippen molar-refractivity contribution in [3.63, 3.8) is 0 Å². The first-order valence-electron chi connectivity index (χ1n) is 7.49. The van der Waals surface area contributed by atoms with E-state index in [1.54, 1.807) is 23.8 Å². The Morgan fingerprint density at radius 2 is 2.04 bits per heavy atom. The second-order valence-corrected chi connectivity index (χ2v) is 7.30. The van der Waals surface area contributed by atoms with Crippen LogP contribution in [-0.4, -0.2) is 33.4 Å². The molecule has 0 atom stereocenters. The van der Waals surface area contributed by atoms with Gasteiger partial charge < -0.3 is 10.1 Å². The second-order valence-electron chi connectivity index (χ2n) is 5.19. The summed E-state index contributed by atoms with van der Waals surface area (Å²) >= 11 is 3.43. The minimum atomic E-state index is -0.669. The number of halogens is 1. The first-order chi connectivity index (χ1) is 12.5. The van der Waals surface area contributed by atoms with Crippen LogP contribution in [0.25, 0.3) is 10.8 Å². The van der Waals surface area contributed by atoms with Gasteiger partial charge in [-0.05, 0) is 59.3 Å². The highest BCUT2D eigenvalue weighted by atomic mass is 127. The third kappa shape index (κ3) is 4.61. The van der Waals surface area contributed by atoms with Crippen LogP contribution in [0, 0.1) is 10.5 Å². The van der Waals surface area contributed by atoms with E-state index in [0.29, 0.717) is 16.5 Å². The van der Waals surface area contributed by atoms with E-state index < -0.39 is 11.9 Å². The molecule has 0 unspecified atom stereocenters. The molecule has 0 aliphatic heterocycles. The van der Waals surface area contributed by atoms with Crippen LogP contribution in [0.2, 0.25) is 0 Å². The second kappa shape index (κ2) is 8.32. The van der Waals surface area contributed by atoms with Crippen LogP contribution < -0.4 is 5.32 Å². The Morgan fingerprint density at radius 1 is 1.27 bits per heavy atom. The molecule has 132 valence electrons. The van der Waals surface area contributed by atoms with Gasteiger partial charge in [-0.2, -0.15) is 0 Å². The van der Waals surface area contributed by atoms with Gasteiger partial charge in [0.15, 0.2) is 23.1 Å². The number of hydrogen-bond acceptors (Lipinski definition) is 7. The Kier molecular flexibility index (Phi) is 5.89. The Balaban J connectivity index is 1.57. The summed E-state index contributed by atoms with van der Waals surface area (Å²) < 4.78 is 6.10. The number of hydrogen-bond donors (Lipinski definition) is 1. The molecule has 1 N–H and O–H groups in total. The number of aryl methyl sites for hydroxylation is 1. The lowest BCUT2D eigenvalue weighted by molar-refractivity contribution is -0.119. The van der Waals surface area contributed by atoms with Gasteiger partial charge in [0, 0.05) is 27.0 Å². The van der Waals surface area contributed by atoms with Crippen molar-refractivity contribution in [3.8, 4) is 10.8 Å². The van der Waals surface area contributed by atoms with Crippen LogP contribution in [0.3, 0.4) is 0 Å². The number of amides is 1. The van der Waals surface area contributed by atoms with Crippen molar-refractivity contribution in [2.75, 3.05) is 11.9 Å². The molecule has 0 saturated heterocycles. The standard InChI is InChI=1S/C17H13IN4O3S/c1-10-7-11(18)3-4-12(10)21-14(23)8-25-17(24)13-9-26-16(22-13)15-19-5-2-6-20-15/h2-7,9H,8H2,1H3,(H,21,23). The maximum absolute atomic E-state index is 12.1. The molecule has 2 heterocycles. The number of anilines is 1. The van der Waals surface area contributed by atoms with Crippen LogP contribution in [-0.2, 0) is 9.53 Å². The Morgan fingerprint density at radius 3 is 2.77 bits per heavy atom. The SMILES string of the molecule is Cc1cc(I)ccc1NC(=O)COC(=O)c1csc(-c2ncccn2)n1. The van der Waals surface area contributed by atoms with Crippen molar-refractivity contribution in [1.82, 2.24) is 15.0 Å². The van der Waals surface area contributed by atoms with E-state index in [0.717, 1.165) is 9.13 Å². The summed E-state index contributed by atoms with van der Waals surface area (Å²) in [5, 5.41) is 4.78. The van der Waals surface area contributed by atoms with Gasteiger partial charge in [-0.25, -0.2) is 19.7 Å². The zero-order chi connectivity index (χ0) is 18.5. The zero-order valence-electron chi connectivity index (χ0n) is 13.6. The lowest BCUT2D eigenvalue weighted by atomic mass is 10.2.